The highest BCUT2D eigenvalue weighted by atomic mass is 32.2. The van der Waals surface area contributed by atoms with Crippen LogP contribution in [-0.2, 0) is 23.0 Å². The van der Waals surface area contributed by atoms with E-state index in [1.807, 2.05) is 6.07 Å². The molecule has 2 aromatic rings. The third-order valence-corrected chi connectivity index (χ3v) is 9.84. The summed E-state index contributed by atoms with van der Waals surface area (Å²) in [6.45, 7) is 4.55. The highest BCUT2D eigenvalue weighted by molar-refractivity contribution is 7.85. The summed E-state index contributed by atoms with van der Waals surface area (Å²) in [6, 6.07) is 9.61. The van der Waals surface area contributed by atoms with Crippen molar-refractivity contribution in [2.24, 2.45) is 0 Å². The van der Waals surface area contributed by atoms with Gasteiger partial charge in [0.15, 0.2) is 0 Å². The molecule has 0 aromatic heterocycles. The van der Waals surface area contributed by atoms with E-state index in [4.69, 9.17) is 0 Å². The average Bonchev–Trinajstić information content (AvgIpc) is 2.97. The van der Waals surface area contributed by atoms with Crippen LogP contribution >= 0.6 is 0 Å². The highest BCUT2D eigenvalue weighted by Crippen LogP contribution is 2.27. The molecule has 0 fully saturated rings. The van der Waals surface area contributed by atoms with Crippen molar-refractivity contribution in [3.05, 3.63) is 41.5 Å². The minimum atomic E-state index is -4.20. The summed E-state index contributed by atoms with van der Waals surface area (Å²) in [6.07, 6.45) is 34.4. The first-order valence-corrected chi connectivity index (χ1v) is 19.4. The first kappa shape index (κ1) is 36.8. The van der Waals surface area contributed by atoms with Crippen LogP contribution in [-0.4, -0.2) is 13.0 Å². The molecule has 0 saturated heterocycles. The third-order valence-electron chi connectivity index (χ3n) is 8.99. The fourth-order valence-corrected chi connectivity index (χ4v) is 6.85. The second-order valence-corrected chi connectivity index (χ2v) is 14.3. The van der Waals surface area contributed by atoms with E-state index in [0.717, 1.165) is 23.6 Å². The molecule has 0 spiro atoms. The highest BCUT2D eigenvalue weighted by Gasteiger charge is 2.12. The smallest absolute Gasteiger partial charge is 0.282 e. The summed E-state index contributed by atoms with van der Waals surface area (Å²) in [5, 5.41) is 2.07. The lowest BCUT2D eigenvalue weighted by atomic mass is 9.94. The van der Waals surface area contributed by atoms with Gasteiger partial charge in [-0.1, -0.05) is 173 Å². The molecule has 2 aromatic carbocycles. The van der Waals surface area contributed by atoms with Crippen LogP contribution in [0.2, 0.25) is 0 Å². The van der Waals surface area contributed by atoms with E-state index in [1.54, 1.807) is 12.1 Å². The van der Waals surface area contributed by atoms with Gasteiger partial charge in [-0.2, -0.15) is 8.42 Å². The quantitative estimate of drug-likeness (QED) is 0.0819. The summed E-state index contributed by atoms with van der Waals surface area (Å²) in [5.74, 6) is 0. The van der Waals surface area contributed by atoms with Crippen molar-refractivity contribution in [1.29, 1.82) is 0 Å². The second kappa shape index (κ2) is 23.1. The van der Waals surface area contributed by atoms with Gasteiger partial charge < -0.3 is 0 Å². The molecular weight excluding hydrogens is 536 g/mol. The van der Waals surface area contributed by atoms with E-state index in [-0.39, 0.29) is 4.90 Å². The lowest BCUT2D eigenvalue weighted by Gasteiger charge is -2.12. The number of rotatable bonds is 27. The van der Waals surface area contributed by atoms with E-state index in [0.29, 0.717) is 0 Å². The van der Waals surface area contributed by atoms with Crippen LogP contribution in [0.25, 0.3) is 10.8 Å². The predicted octanol–water partition coefficient (Wildman–Crippen LogP) is 12.6. The van der Waals surface area contributed by atoms with E-state index >= 15 is 0 Å². The zero-order valence-electron chi connectivity index (χ0n) is 27.4. The first-order valence-electron chi connectivity index (χ1n) is 18.0. The molecule has 3 nitrogen and oxygen atoms in total. The number of unbranched alkanes of at least 4 members (excludes halogenated alkanes) is 22. The van der Waals surface area contributed by atoms with Crippen molar-refractivity contribution in [1.82, 2.24) is 0 Å². The number of hydrogen-bond donors (Lipinski definition) is 1. The summed E-state index contributed by atoms with van der Waals surface area (Å²) in [5.41, 5.74) is 2.63. The van der Waals surface area contributed by atoms with Crippen molar-refractivity contribution in [2.75, 3.05) is 0 Å². The molecule has 1 N–H and O–H groups in total. The largest absolute Gasteiger partial charge is 0.294 e. The van der Waals surface area contributed by atoms with Gasteiger partial charge >= 0.3 is 0 Å². The molecule has 4 heteroatoms. The average molecular weight is 601 g/mol. The van der Waals surface area contributed by atoms with E-state index in [1.165, 1.54) is 165 Å². The van der Waals surface area contributed by atoms with Gasteiger partial charge in [0.1, 0.15) is 0 Å². The molecule has 0 aliphatic carbocycles. The maximum absolute atomic E-state index is 11.8. The molecule has 0 aliphatic heterocycles. The van der Waals surface area contributed by atoms with Gasteiger partial charge in [0.05, 0.1) is 4.90 Å². The molecular formula is C38H64O3S. The number of benzene rings is 2. The van der Waals surface area contributed by atoms with E-state index in [2.05, 4.69) is 26.0 Å². The van der Waals surface area contributed by atoms with Crippen LogP contribution in [0.1, 0.15) is 179 Å². The Morgan fingerprint density at radius 3 is 1.33 bits per heavy atom. The Hall–Kier alpha value is -1.39. The summed E-state index contributed by atoms with van der Waals surface area (Å²) in [4.78, 5) is -0.00572. The topological polar surface area (TPSA) is 54.4 Å². The zero-order chi connectivity index (χ0) is 30.3. The second-order valence-electron chi connectivity index (χ2n) is 12.9. The Bertz CT molecular complexity index is 1060. The molecule has 0 aliphatic rings. The monoisotopic (exact) mass is 600 g/mol. The van der Waals surface area contributed by atoms with Gasteiger partial charge in [-0.15, -0.1) is 0 Å². The van der Waals surface area contributed by atoms with Crippen LogP contribution in [0.4, 0.5) is 0 Å². The van der Waals surface area contributed by atoms with Gasteiger partial charge in [0.2, 0.25) is 0 Å². The molecule has 42 heavy (non-hydrogen) atoms. The van der Waals surface area contributed by atoms with Crippen LogP contribution in [0, 0.1) is 0 Å². The van der Waals surface area contributed by atoms with Crippen molar-refractivity contribution >= 4 is 20.9 Å². The van der Waals surface area contributed by atoms with Crippen molar-refractivity contribution in [3.63, 3.8) is 0 Å². The third kappa shape index (κ3) is 16.5. The Balaban J connectivity index is 1.76. The maximum Gasteiger partial charge on any atom is 0.294 e. The van der Waals surface area contributed by atoms with Gasteiger partial charge in [-0.3, -0.25) is 4.55 Å². The van der Waals surface area contributed by atoms with Crippen LogP contribution in [0.15, 0.2) is 35.2 Å². The van der Waals surface area contributed by atoms with E-state index in [9.17, 15) is 13.0 Å². The lowest BCUT2D eigenvalue weighted by Crippen LogP contribution is -1.99. The Morgan fingerprint density at radius 2 is 0.905 bits per heavy atom. The molecule has 0 bridgehead atoms. The molecule has 2 rings (SSSR count). The molecule has 0 heterocycles. The predicted molar refractivity (Wildman–Crippen MR) is 183 cm³/mol. The normalized spacial score (nSPS) is 12.0. The van der Waals surface area contributed by atoms with Crippen LogP contribution < -0.4 is 0 Å². The fourth-order valence-electron chi connectivity index (χ4n) is 6.33. The standard InChI is InChI=1S/C38H64O3S/c1-3-5-7-9-11-13-15-17-19-21-23-25-27-34-31-35(38-30-29-37(42(39,40)41)33-36(38)32-34)28-26-24-22-20-18-16-14-12-10-8-6-4-2/h29-33H,3-28H2,1-2H3,(H,39,40,41). The number of aryl methyl sites for hydroxylation is 2. The van der Waals surface area contributed by atoms with Crippen molar-refractivity contribution in [3.8, 4) is 0 Å². The van der Waals surface area contributed by atoms with Gasteiger partial charge in [0.25, 0.3) is 10.1 Å². The summed E-state index contributed by atoms with van der Waals surface area (Å²) in [7, 11) is -4.20. The molecule has 0 atom stereocenters. The number of hydrogen-bond acceptors (Lipinski definition) is 2. The maximum atomic E-state index is 11.8. The van der Waals surface area contributed by atoms with E-state index < -0.39 is 10.1 Å². The molecule has 0 saturated carbocycles. The Labute approximate surface area is 260 Å². The first-order chi connectivity index (χ1) is 20.5. The molecule has 0 unspecified atom stereocenters. The van der Waals surface area contributed by atoms with Crippen molar-refractivity contribution < 1.29 is 13.0 Å². The van der Waals surface area contributed by atoms with Crippen molar-refractivity contribution in [2.45, 2.75) is 186 Å². The van der Waals surface area contributed by atoms with Gasteiger partial charge in [-0.05, 0) is 59.7 Å². The minimum absolute atomic E-state index is 0.00572. The minimum Gasteiger partial charge on any atom is -0.282 e. The van der Waals surface area contributed by atoms with Gasteiger partial charge in [0, 0.05) is 0 Å². The Kier molecular flexibility index (Phi) is 20.2. The molecule has 240 valence electrons. The fraction of sp³-hybridized carbons (Fsp3) is 0.737. The summed E-state index contributed by atoms with van der Waals surface area (Å²) < 4.78 is 33.2. The van der Waals surface area contributed by atoms with Crippen LogP contribution in [0.5, 0.6) is 0 Å². The molecule has 0 amide bonds. The van der Waals surface area contributed by atoms with Gasteiger partial charge in [-0.25, -0.2) is 0 Å². The van der Waals surface area contributed by atoms with Crippen LogP contribution in [0.3, 0.4) is 0 Å². The zero-order valence-corrected chi connectivity index (χ0v) is 28.3. The lowest BCUT2D eigenvalue weighted by molar-refractivity contribution is 0.483. The summed E-state index contributed by atoms with van der Waals surface area (Å²) >= 11 is 0. The SMILES string of the molecule is CCCCCCCCCCCCCCc1cc(CCCCCCCCCCCCCC)c2ccc(S(=O)(=O)O)cc2c1. The molecule has 0 radical (unpaired) electrons. The number of fused-ring (bicyclic) bond motifs is 1. The Morgan fingerprint density at radius 1 is 0.500 bits per heavy atom.